The van der Waals surface area contributed by atoms with Crippen molar-refractivity contribution >= 4 is 21.9 Å². The van der Waals surface area contributed by atoms with Crippen LogP contribution in [-0.2, 0) is 20.1 Å². The van der Waals surface area contributed by atoms with E-state index in [1.54, 1.807) is 0 Å². The molecule has 13 rings (SSSR count). The van der Waals surface area contributed by atoms with Gasteiger partial charge in [-0.05, 0) is 98.5 Å². The topological polar surface area (TPSA) is 51.8 Å². The first kappa shape index (κ1) is 46.0. The Bertz CT molecular complexity index is 3970. The first-order valence-corrected chi connectivity index (χ1v) is 24.4. The molecule has 0 amide bonds. The molecular formula is C69H42IrN3O. The van der Waals surface area contributed by atoms with Crippen LogP contribution in [-0.4, -0.2) is 15.0 Å². The number of benzene rings is 9. The van der Waals surface area contributed by atoms with Gasteiger partial charge >= 0.3 is 20.1 Å². The molecule has 0 saturated heterocycles. The maximum atomic E-state index is 6.41. The molecule has 4 heterocycles. The minimum absolute atomic E-state index is 0. The molecule has 0 atom stereocenters. The maximum Gasteiger partial charge on any atom is 3.00 e. The van der Waals surface area contributed by atoms with Gasteiger partial charge in [0.2, 0.25) is 0 Å². The quantitative estimate of drug-likeness (QED) is 0.128. The van der Waals surface area contributed by atoms with E-state index >= 15 is 0 Å². The van der Waals surface area contributed by atoms with Crippen molar-refractivity contribution in [2.75, 3.05) is 0 Å². The Morgan fingerprint density at radius 1 is 0.284 bits per heavy atom. The maximum absolute atomic E-state index is 6.41. The van der Waals surface area contributed by atoms with Crippen LogP contribution in [0.25, 0.3) is 134 Å². The van der Waals surface area contributed by atoms with Gasteiger partial charge in [0, 0.05) is 34.9 Å². The number of furan rings is 1. The van der Waals surface area contributed by atoms with E-state index in [1.807, 2.05) is 73.2 Å². The minimum atomic E-state index is 0. The molecule has 0 saturated carbocycles. The van der Waals surface area contributed by atoms with Gasteiger partial charge < -0.3 is 19.4 Å². The number of nitrogens with zero attached hydrogens (tertiary/aromatic N) is 3. The van der Waals surface area contributed by atoms with Gasteiger partial charge in [-0.1, -0.05) is 173 Å². The number of pyridine rings is 3. The predicted molar refractivity (Wildman–Crippen MR) is 298 cm³/mol. The predicted octanol–water partition coefficient (Wildman–Crippen LogP) is 17.8. The summed E-state index contributed by atoms with van der Waals surface area (Å²) < 4.78 is 6.41. The smallest absolute Gasteiger partial charge is 0.455 e. The van der Waals surface area contributed by atoms with Crippen molar-refractivity contribution in [3.05, 3.63) is 273 Å². The normalized spacial score (nSPS) is 11.1. The van der Waals surface area contributed by atoms with E-state index in [1.165, 1.54) is 0 Å². The SMILES string of the molecule is [Ir+3].[c-]1cc(-c2ccccc2-c2cc(-c3ccccc3-c3c[c-]c(-c4ccccn4)cc3)cc(-c3ccccc3-c3c[c-]c(-c4cc(-c5cccc6c5oc5ccccc56)ccn4)cc3)c2)ccc1-c1ccccn1. The average Bonchev–Trinajstić information content (AvgIpc) is 3.87. The van der Waals surface area contributed by atoms with Gasteiger partial charge in [-0.2, -0.15) is 0 Å². The second-order valence-corrected chi connectivity index (χ2v) is 18.0. The Morgan fingerprint density at radius 3 is 1.15 bits per heavy atom. The largest absolute Gasteiger partial charge is 3.00 e. The molecule has 74 heavy (non-hydrogen) atoms. The molecule has 348 valence electrons. The summed E-state index contributed by atoms with van der Waals surface area (Å²) in [7, 11) is 0. The summed E-state index contributed by atoms with van der Waals surface area (Å²) in [5.41, 5.74) is 22.5. The molecule has 0 spiro atoms. The first-order valence-electron chi connectivity index (χ1n) is 24.4. The fraction of sp³-hybridized carbons (Fsp3) is 0. The molecule has 13 aromatic rings. The summed E-state index contributed by atoms with van der Waals surface area (Å²) in [5, 5.41) is 2.21. The third-order valence-corrected chi connectivity index (χ3v) is 13.7. The molecule has 0 bridgehead atoms. The summed E-state index contributed by atoms with van der Waals surface area (Å²) in [4.78, 5) is 14.0. The van der Waals surface area contributed by atoms with Crippen molar-refractivity contribution in [1.29, 1.82) is 0 Å². The van der Waals surface area contributed by atoms with Crippen molar-refractivity contribution in [3.63, 3.8) is 0 Å². The van der Waals surface area contributed by atoms with Crippen LogP contribution in [0.4, 0.5) is 0 Å². The van der Waals surface area contributed by atoms with Crippen molar-refractivity contribution in [2.24, 2.45) is 0 Å². The second kappa shape index (κ2) is 20.2. The van der Waals surface area contributed by atoms with Gasteiger partial charge in [-0.15, -0.1) is 89.5 Å². The van der Waals surface area contributed by atoms with Gasteiger partial charge in [-0.3, -0.25) is 0 Å². The van der Waals surface area contributed by atoms with Gasteiger partial charge in [0.25, 0.3) is 0 Å². The summed E-state index contributed by atoms with van der Waals surface area (Å²) in [5.74, 6) is 0. The zero-order valence-electron chi connectivity index (χ0n) is 39.8. The average molecular weight is 1120 g/mol. The third kappa shape index (κ3) is 8.86. The monoisotopic (exact) mass is 1120 g/mol. The number of fused-ring (bicyclic) bond motifs is 3. The number of hydrogen-bond acceptors (Lipinski definition) is 4. The molecule has 0 N–H and O–H groups in total. The van der Waals surface area contributed by atoms with Crippen LogP contribution in [0.5, 0.6) is 0 Å². The van der Waals surface area contributed by atoms with Crippen molar-refractivity contribution in [2.45, 2.75) is 0 Å². The van der Waals surface area contributed by atoms with Crippen LogP contribution in [0.2, 0.25) is 0 Å². The molecule has 0 aliphatic rings. The zero-order valence-corrected chi connectivity index (χ0v) is 42.2. The molecule has 0 fully saturated rings. The Labute approximate surface area is 443 Å². The van der Waals surface area contributed by atoms with Gasteiger partial charge in [0.15, 0.2) is 0 Å². The number of aromatic nitrogens is 3. The Morgan fingerprint density at radius 2 is 0.689 bits per heavy atom. The van der Waals surface area contributed by atoms with E-state index in [-0.39, 0.29) is 20.1 Å². The van der Waals surface area contributed by atoms with E-state index < -0.39 is 0 Å². The molecule has 5 heteroatoms. The van der Waals surface area contributed by atoms with E-state index in [4.69, 9.17) is 9.40 Å². The van der Waals surface area contributed by atoms with Crippen LogP contribution in [0.15, 0.2) is 260 Å². The van der Waals surface area contributed by atoms with Crippen LogP contribution in [0, 0.1) is 18.2 Å². The van der Waals surface area contributed by atoms with Gasteiger partial charge in [0.05, 0.1) is 0 Å². The van der Waals surface area contributed by atoms with E-state index in [2.05, 4.69) is 210 Å². The number of para-hydroxylation sites is 2. The molecule has 9 aromatic carbocycles. The minimum Gasteiger partial charge on any atom is -0.455 e. The number of rotatable bonds is 10. The molecule has 4 aromatic heterocycles. The van der Waals surface area contributed by atoms with E-state index in [0.717, 1.165) is 134 Å². The first-order chi connectivity index (χ1) is 36.2. The van der Waals surface area contributed by atoms with Crippen LogP contribution in [0.3, 0.4) is 0 Å². The van der Waals surface area contributed by atoms with Gasteiger partial charge in [0.1, 0.15) is 11.2 Å². The molecule has 0 aliphatic carbocycles. The Kier molecular flexibility index (Phi) is 12.5. The fourth-order valence-electron chi connectivity index (χ4n) is 10.1. The van der Waals surface area contributed by atoms with Crippen molar-refractivity contribution in [3.8, 4) is 112 Å². The Balaban J connectivity index is 0.00000556. The van der Waals surface area contributed by atoms with Crippen LogP contribution < -0.4 is 0 Å². The molecule has 4 nitrogen and oxygen atoms in total. The molecule has 0 aliphatic heterocycles. The fourth-order valence-corrected chi connectivity index (χ4v) is 10.1. The molecule has 0 radical (unpaired) electrons. The summed E-state index contributed by atoms with van der Waals surface area (Å²) in [6, 6.07) is 93.4. The van der Waals surface area contributed by atoms with Crippen LogP contribution in [0.1, 0.15) is 0 Å². The summed E-state index contributed by atoms with van der Waals surface area (Å²) in [6.07, 6.45) is 5.51. The molecular weight excluding hydrogens is 1080 g/mol. The zero-order chi connectivity index (χ0) is 48.5. The van der Waals surface area contributed by atoms with Crippen molar-refractivity contribution in [1.82, 2.24) is 15.0 Å². The number of hydrogen-bond donors (Lipinski definition) is 0. The van der Waals surface area contributed by atoms with Crippen molar-refractivity contribution < 1.29 is 24.5 Å². The van der Waals surface area contributed by atoms with Crippen LogP contribution >= 0.6 is 0 Å². The summed E-state index contributed by atoms with van der Waals surface area (Å²) >= 11 is 0. The van der Waals surface area contributed by atoms with Gasteiger partial charge in [-0.25, -0.2) is 0 Å². The second-order valence-electron chi connectivity index (χ2n) is 18.0. The Hall–Kier alpha value is -9.12. The molecule has 0 unspecified atom stereocenters. The third-order valence-electron chi connectivity index (χ3n) is 13.7. The van der Waals surface area contributed by atoms with E-state index in [0.29, 0.717) is 0 Å². The van der Waals surface area contributed by atoms with E-state index in [9.17, 15) is 0 Å². The summed E-state index contributed by atoms with van der Waals surface area (Å²) in [6.45, 7) is 0. The standard InChI is InChI=1S/C69H42N3O.Ir/c1-4-17-59(56(14-1)46-26-32-49(33-27-46)65-23-9-11-39-70-65)53-42-54(60-18-5-2-15-57(60)47-28-34-50(35-29-47)66-24-10-12-40-71-66)44-55(43-53)61-19-6-3-16-58(61)48-30-36-51(37-31-48)67-45-52(38-41-72-67)62-21-13-22-64-63-20-7-8-25-68(63)73-69(62)64;/h1-32,34,36,38-45H;/q-3;+3.